The SMILES string of the molecule is Cc1ccc(F)c(NC(=O)C2CC(C)CC2C(=O)O)c1F. The minimum atomic E-state index is -1.05. The third-order valence-corrected chi connectivity index (χ3v) is 3.98. The molecular weight excluding hydrogens is 280 g/mol. The van der Waals surface area contributed by atoms with Gasteiger partial charge in [0.2, 0.25) is 5.91 Å². The molecule has 2 rings (SSSR count). The fraction of sp³-hybridized carbons (Fsp3) is 0.467. The molecule has 6 heteroatoms. The summed E-state index contributed by atoms with van der Waals surface area (Å²) in [6.45, 7) is 3.32. The first-order valence-electron chi connectivity index (χ1n) is 6.79. The highest BCUT2D eigenvalue weighted by Gasteiger charge is 2.41. The van der Waals surface area contributed by atoms with E-state index in [0.29, 0.717) is 12.8 Å². The Hall–Kier alpha value is -1.98. The third kappa shape index (κ3) is 3.04. The van der Waals surface area contributed by atoms with E-state index in [9.17, 15) is 18.4 Å². The van der Waals surface area contributed by atoms with E-state index in [4.69, 9.17) is 5.11 Å². The maximum atomic E-state index is 13.9. The summed E-state index contributed by atoms with van der Waals surface area (Å²) in [7, 11) is 0. The lowest BCUT2D eigenvalue weighted by atomic mass is 9.95. The molecule has 4 nitrogen and oxygen atoms in total. The largest absolute Gasteiger partial charge is 0.481 e. The fourth-order valence-electron chi connectivity index (χ4n) is 2.84. The van der Waals surface area contributed by atoms with E-state index in [1.54, 1.807) is 0 Å². The van der Waals surface area contributed by atoms with Crippen molar-refractivity contribution in [3.05, 3.63) is 29.3 Å². The van der Waals surface area contributed by atoms with Gasteiger partial charge in [0.15, 0.2) is 5.82 Å². The van der Waals surface area contributed by atoms with Crippen LogP contribution in [-0.4, -0.2) is 17.0 Å². The van der Waals surface area contributed by atoms with Crippen LogP contribution in [0.2, 0.25) is 0 Å². The van der Waals surface area contributed by atoms with Crippen LogP contribution in [-0.2, 0) is 9.59 Å². The van der Waals surface area contributed by atoms with Gasteiger partial charge in [-0.2, -0.15) is 0 Å². The lowest BCUT2D eigenvalue weighted by Crippen LogP contribution is -2.30. The van der Waals surface area contributed by atoms with Gasteiger partial charge < -0.3 is 10.4 Å². The zero-order valence-electron chi connectivity index (χ0n) is 11.8. The van der Waals surface area contributed by atoms with Gasteiger partial charge in [-0.15, -0.1) is 0 Å². The lowest BCUT2D eigenvalue weighted by Gasteiger charge is -2.16. The molecule has 1 amide bonds. The number of carboxylic acid groups (broad SMARTS) is 1. The van der Waals surface area contributed by atoms with Gasteiger partial charge in [-0.25, -0.2) is 8.78 Å². The van der Waals surface area contributed by atoms with Crippen molar-refractivity contribution in [3.63, 3.8) is 0 Å². The van der Waals surface area contributed by atoms with Crippen LogP contribution in [0.25, 0.3) is 0 Å². The van der Waals surface area contributed by atoms with Crippen molar-refractivity contribution < 1.29 is 23.5 Å². The number of benzene rings is 1. The highest BCUT2D eigenvalue weighted by atomic mass is 19.1. The maximum absolute atomic E-state index is 13.9. The molecule has 1 saturated carbocycles. The summed E-state index contributed by atoms with van der Waals surface area (Å²) in [5, 5.41) is 11.4. The van der Waals surface area contributed by atoms with Gasteiger partial charge in [0, 0.05) is 0 Å². The van der Waals surface area contributed by atoms with Gasteiger partial charge in [-0.1, -0.05) is 13.0 Å². The van der Waals surface area contributed by atoms with E-state index in [1.165, 1.54) is 13.0 Å². The number of anilines is 1. The summed E-state index contributed by atoms with van der Waals surface area (Å²) in [5.74, 6) is -4.88. The number of hydrogen-bond donors (Lipinski definition) is 2. The van der Waals surface area contributed by atoms with E-state index in [1.807, 2.05) is 6.92 Å². The highest BCUT2D eigenvalue weighted by Crippen LogP contribution is 2.37. The summed E-state index contributed by atoms with van der Waals surface area (Å²) in [5.41, 5.74) is -0.301. The van der Waals surface area contributed by atoms with Crippen molar-refractivity contribution in [3.8, 4) is 0 Å². The number of hydrogen-bond acceptors (Lipinski definition) is 2. The summed E-state index contributed by atoms with van der Waals surface area (Å²) in [4.78, 5) is 23.4. The smallest absolute Gasteiger partial charge is 0.307 e. The second kappa shape index (κ2) is 5.79. The molecule has 3 atom stereocenters. The molecule has 0 aromatic heterocycles. The number of carboxylic acids is 1. The molecule has 3 unspecified atom stereocenters. The molecular formula is C15H17F2NO3. The Kier molecular flexibility index (Phi) is 4.25. The molecule has 0 heterocycles. The Bertz CT molecular complexity index is 589. The second-order valence-electron chi connectivity index (χ2n) is 5.67. The first-order chi connectivity index (χ1) is 9.81. The average Bonchev–Trinajstić information content (AvgIpc) is 2.81. The Balaban J connectivity index is 2.22. The number of carbonyl (C=O) groups is 2. The standard InChI is InChI=1S/C15H17F2NO3/c1-7-5-9(10(6-7)15(20)21)14(19)18-13-11(16)4-3-8(2)12(13)17/h3-4,7,9-10H,5-6H2,1-2H3,(H,18,19)(H,20,21). The zero-order chi connectivity index (χ0) is 15.7. The van der Waals surface area contributed by atoms with E-state index in [2.05, 4.69) is 5.32 Å². The first-order valence-corrected chi connectivity index (χ1v) is 6.79. The van der Waals surface area contributed by atoms with Crippen LogP contribution in [0.4, 0.5) is 14.5 Å². The summed E-state index contributed by atoms with van der Waals surface area (Å²) in [6, 6.07) is 2.35. The molecule has 21 heavy (non-hydrogen) atoms. The van der Waals surface area contributed by atoms with Gasteiger partial charge in [0.25, 0.3) is 0 Å². The van der Waals surface area contributed by atoms with Crippen molar-refractivity contribution in [2.24, 2.45) is 17.8 Å². The van der Waals surface area contributed by atoms with Crippen LogP contribution in [0.15, 0.2) is 12.1 Å². The van der Waals surface area contributed by atoms with E-state index in [0.717, 1.165) is 6.07 Å². The molecule has 0 saturated heterocycles. The predicted octanol–water partition coefficient (Wildman–Crippen LogP) is 2.96. The minimum absolute atomic E-state index is 0.0917. The summed E-state index contributed by atoms with van der Waals surface area (Å²) >= 11 is 0. The molecule has 0 spiro atoms. The molecule has 0 aliphatic heterocycles. The monoisotopic (exact) mass is 297 g/mol. The molecule has 1 aromatic carbocycles. The van der Waals surface area contributed by atoms with Gasteiger partial charge in [0.05, 0.1) is 11.8 Å². The summed E-state index contributed by atoms with van der Waals surface area (Å²) in [6.07, 6.45) is 0.796. The number of amides is 1. The van der Waals surface area contributed by atoms with Crippen LogP contribution in [0.3, 0.4) is 0 Å². The van der Waals surface area contributed by atoms with Crippen molar-refractivity contribution in [2.75, 3.05) is 5.32 Å². The third-order valence-electron chi connectivity index (χ3n) is 3.98. The molecule has 2 N–H and O–H groups in total. The van der Waals surface area contributed by atoms with Crippen molar-refractivity contribution >= 4 is 17.6 Å². The number of aliphatic carboxylic acids is 1. The van der Waals surface area contributed by atoms with Crippen molar-refractivity contribution in [2.45, 2.75) is 26.7 Å². The van der Waals surface area contributed by atoms with E-state index in [-0.39, 0.29) is 11.5 Å². The Morgan fingerprint density at radius 1 is 1.24 bits per heavy atom. The normalized spacial score (nSPS) is 24.9. The van der Waals surface area contributed by atoms with E-state index < -0.39 is 41.0 Å². The van der Waals surface area contributed by atoms with Gasteiger partial charge in [-0.05, 0) is 37.3 Å². The molecule has 1 aliphatic carbocycles. The number of aryl methyl sites for hydroxylation is 1. The minimum Gasteiger partial charge on any atom is -0.481 e. The average molecular weight is 297 g/mol. The Morgan fingerprint density at radius 3 is 2.48 bits per heavy atom. The molecule has 1 aromatic rings. The van der Waals surface area contributed by atoms with Crippen molar-refractivity contribution in [1.29, 1.82) is 0 Å². The fourth-order valence-corrected chi connectivity index (χ4v) is 2.84. The topological polar surface area (TPSA) is 66.4 Å². The van der Waals surface area contributed by atoms with Crippen molar-refractivity contribution in [1.82, 2.24) is 0 Å². The first kappa shape index (κ1) is 15.4. The van der Waals surface area contributed by atoms with Crippen LogP contribution in [0.5, 0.6) is 0 Å². The highest BCUT2D eigenvalue weighted by molar-refractivity contribution is 5.95. The molecule has 0 radical (unpaired) electrons. The number of carbonyl (C=O) groups excluding carboxylic acids is 1. The number of rotatable bonds is 3. The zero-order valence-corrected chi connectivity index (χ0v) is 11.8. The number of halogens is 2. The quantitative estimate of drug-likeness (QED) is 0.901. The van der Waals surface area contributed by atoms with E-state index >= 15 is 0 Å². The van der Waals surface area contributed by atoms with Gasteiger partial charge in [-0.3, -0.25) is 9.59 Å². The molecule has 1 fully saturated rings. The molecule has 0 bridgehead atoms. The summed E-state index contributed by atoms with van der Waals surface area (Å²) < 4.78 is 27.5. The van der Waals surface area contributed by atoms with Gasteiger partial charge >= 0.3 is 5.97 Å². The van der Waals surface area contributed by atoms with Gasteiger partial charge in [0.1, 0.15) is 11.5 Å². The van der Waals surface area contributed by atoms with Crippen LogP contribution < -0.4 is 5.32 Å². The van der Waals surface area contributed by atoms with Crippen LogP contribution >= 0.6 is 0 Å². The predicted molar refractivity (Wildman–Crippen MR) is 72.7 cm³/mol. The molecule has 1 aliphatic rings. The molecule has 114 valence electrons. The van der Waals surface area contributed by atoms with Crippen LogP contribution in [0, 0.1) is 36.3 Å². The second-order valence-corrected chi connectivity index (χ2v) is 5.67. The number of nitrogens with one attached hydrogen (secondary N) is 1. The Morgan fingerprint density at radius 2 is 1.86 bits per heavy atom. The van der Waals surface area contributed by atoms with Crippen LogP contribution in [0.1, 0.15) is 25.3 Å². The Labute approximate surface area is 121 Å². The lowest BCUT2D eigenvalue weighted by molar-refractivity contribution is -0.145. The maximum Gasteiger partial charge on any atom is 0.307 e.